The molecule has 1 aliphatic heterocycles. The van der Waals surface area contributed by atoms with E-state index >= 15 is 0 Å². The number of ether oxygens (including phenoxy) is 2. The van der Waals surface area contributed by atoms with Crippen molar-refractivity contribution in [2.45, 2.75) is 0 Å². The van der Waals surface area contributed by atoms with Crippen LogP contribution in [0.4, 0.5) is 5.88 Å². The molecule has 0 radical (unpaired) electrons. The zero-order valence-corrected chi connectivity index (χ0v) is 18.2. The van der Waals surface area contributed by atoms with Crippen LogP contribution in [-0.4, -0.2) is 45.0 Å². The number of nitrogens with one attached hydrogen (secondary N) is 1. The van der Waals surface area contributed by atoms with Crippen molar-refractivity contribution in [3.8, 4) is 5.75 Å². The van der Waals surface area contributed by atoms with Gasteiger partial charge in [-0.3, -0.25) is 4.79 Å². The summed E-state index contributed by atoms with van der Waals surface area (Å²) in [5.41, 5.74) is 2.35. The molecular formula is C17H15BrCl3N3O4. The number of hydrazone groups is 1. The zero-order valence-electron chi connectivity index (χ0n) is 14.4. The average molecular weight is 512 g/mol. The molecule has 0 spiro atoms. The van der Waals surface area contributed by atoms with Crippen molar-refractivity contribution >= 4 is 68.7 Å². The molecule has 1 aliphatic rings. The lowest BCUT2D eigenvalue weighted by atomic mass is 10.3. The van der Waals surface area contributed by atoms with Crippen LogP contribution in [0.1, 0.15) is 5.76 Å². The average Bonchev–Trinajstić information content (AvgIpc) is 3.04. The Balaban J connectivity index is 1.53. The Labute approximate surface area is 184 Å². The standard InChI is InChI=1S/C17H15BrCl3N3O4/c18-12-7-11(28-17(12)24-1-3-26-4-2-24)8-22-23-15(25)9-27-14-6-10(19)5-13(20)16(14)21/h5-8H,1-4,9H2,(H,23,25)/b22-8-. The van der Waals surface area contributed by atoms with E-state index in [4.69, 9.17) is 48.7 Å². The van der Waals surface area contributed by atoms with Crippen molar-refractivity contribution < 1.29 is 18.7 Å². The maximum absolute atomic E-state index is 11.9. The highest BCUT2D eigenvalue weighted by Gasteiger charge is 2.18. The van der Waals surface area contributed by atoms with Crippen LogP contribution < -0.4 is 15.1 Å². The molecule has 0 atom stereocenters. The number of hydrogen-bond acceptors (Lipinski definition) is 6. The fraction of sp³-hybridized carbons (Fsp3) is 0.294. The van der Waals surface area contributed by atoms with Gasteiger partial charge in [0.25, 0.3) is 5.91 Å². The predicted molar refractivity (Wildman–Crippen MR) is 112 cm³/mol. The summed E-state index contributed by atoms with van der Waals surface area (Å²) in [5.74, 6) is 0.914. The molecule has 1 aromatic carbocycles. The third-order valence-corrected chi connectivity index (χ3v) is 5.26. The van der Waals surface area contributed by atoms with Crippen molar-refractivity contribution in [1.29, 1.82) is 0 Å². The molecule has 150 valence electrons. The van der Waals surface area contributed by atoms with E-state index in [1.807, 2.05) is 0 Å². The van der Waals surface area contributed by atoms with Crippen molar-refractivity contribution in [3.63, 3.8) is 0 Å². The Kier molecular flexibility index (Phi) is 7.48. The molecule has 0 bridgehead atoms. The van der Waals surface area contributed by atoms with Crippen LogP contribution in [0.25, 0.3) is 0 Å². The molecule has 2 heterocycles. The minimum atomic E-state index is -0.484. The van der Waals surface area contributed by atoms with E-state index in [0.29, 0.717) is 29.9 Å². The summed E-state index contributed by atoms with van der Waals surface area (Å²) in [6.07, 6.45) is 1.40. The van der Waals surface area contributed by atoms with Crippen molar-refractivity contribution in [2.24, 2.45) is 5.10 Å². The number of amides is 1. The number of hydrogen-bond donors (Lipinski definition) is 1. The van der Waals surface area contributed by atoms with Crippen molar-refractivity contribution in [2.75, 3.05) is 37.8 Å². The van der Waals surface area contributed by atoms with E-state index in [1.165, 1.54) is 18.3 Å². The number of nitrogens with zero attached hydrogens (tertiary/aromatic N) is 2. The number of anilines is 1. The van der Waals surface area contributed by atoms with Gasteiger partial charge in [-0.1, -0.05) is 34.8 Å². The smallest absolute Gasteiger partial charge is 0.277 e. The molecule has 1 aromatic heterocycles. The molecule has 7 nitrogen and oxygen atoms in total. The summed E-state index contributed by atoms with van der Waals surface area (Å²) < 4.78 is 17.2. The second-order valence-electron chi connectivity index (χ2n) is 5.68. The highest BCUT2D eigenvalue weighted by molar-refractivity contribution is 9.10. The molecule has 0 aliphatic carbocycles. The van der Waals surface area contributed by atoms with E-state index < -0.39 is 5.91 Å². The number of benzene rings is 1. The first kappa shape index (κ1) is 21.3. The fourth-order valence-electron chi connectivity index (χ4n) is 2.40. The Morgan fingerprint density at radius 1 is 1.29 bits per heavy atom. The molecule has 2 aromatic rings. The van der Waals surface area contributed by atoms with Crippen LogP contribution in [0.15, 0.2) is 32.2 Å². The van der Waals surface area contributed by atoms with Crippen LogP contribution in [-0.2, 0) is 9.53 Å². The van der Waals surface area contributed by atoms with Crippen LogP contribution in [0.3, 0.4) is 0 Å². The lowest BCUT2D eigenvalue weighted by Crippen LogP contribution is -2.36. The highest BCUT2D eigenvalue weighted by Crippen LogP contribution is 2.35. The van der Waals surface area contributed by atoms with E-state index in [2.05, 4.69) is 31.4 Å². The second kappa shape index (κ2) is 9.84. The normalized spacial score (nSPS) is 14.5. The van der Waals surface area contributed by atoms with Crippen molar-refractivity contribution in [1.82, 2.24) is 5.43 Å². The topological polar surface area (TPSA) is 76.3 Å². The number of rotatable bonds is 6. The first-order valence-electron chi connectivity index (χ1n) is 8.15. The monoisotopic (exact) mass is 509 g/mol. The Hall–Kier alpha value is -1.45. The highest BCUT2D eigenvalue weighted by atomic mass is 79.9. The number of furan rings is 1. The minimum Gasteiger partial charge on any atom is -0.482 e. The lowest BCUT2D eigenvalue weighted by molar-refractivity contribution is -0.123. The van der Waals surface area contributed by atoms with Gasteiger partial charge in [-0.25, -0.2) is 5.43 Å². The Morgan fingerprint density at radius 3 is 2.79 bits per heavy atom. The van der Waals surface area contributed by atoms with Gasteiger partial charge in [0.05, 0.1) is 28.9 Å². The van der Waals surface area contributed by atoms with Gasteiger partial charge in [-0.15, -0.1) is 0 Å². The van der Waals surface area contributed by atoms with Gasteiger partial charge in [0.2, 0.25) is 5.88 Å². The molecule has 11 heteroatoms. The van der Waals surface area contributed by atoms with E-state index in [9.17, 15) is 4.79 Å². The quantitative estimate of drug-likeness (QED) is 0.354. The van der Waals surface area contributed by atoms with Crippen LogP contribution in [0, 0.1) is 0 Å². The third kappa shape index (κ3) is 5.55. The first-order valence-corrected chi connectivity index (χ1v) is 10.1. The molecule has 0 saturated carbocycles. The summed E-state index contributed by atoms with van der Waals surface area (Å²) in [7, 11) is 0. The number of halogens is 4. The Morgan fingerprint density at radius 2 is 2.04 bits per heavy atom. The van der Waals surface area contributed by atoms with Crippen LogP contribution in [0.2, 0.25) is 15.1 Å². The molecule has 1 fully saturated rings. The molecular weight excluding hydrogens is 496 g/mol. The van der Waals surface area contributed by atoms with Gasteiger partial charge in [0.1, 0.15) is 10.8 Å². The first-order chi connectivity index (χ1) is 13.4. The van der Waals surface area contributed by atoms with E-state index in [0.717, 1.165) is 17.6 Å². The predicted octanol–water partition coefficient (Wildman–Crippen LogP) is 4.37. The van der Waals surface area contributed by atoms with E-state index in [1.54, 1.807) is 6.07 Å². The fourth-order valence-corrected chi connectivity index (χ4v) is 3.60. The largest absolute Gasteiger partial charge is 0.482 e. The Bertz CT molecular complexity index is 885. The minimum absolute atomic E-state index is 0.179. The van der Waals surface area contributed by atoms with E-state index in [-0.39, 0.29) is 22.4 Å². The van der Waals surface area contributed by atoms with Gasteiger partial charge in [0.15, 0.2) is 12.4 Å². The van der Waals surface area contributed by atoms with Gasteiger partial charge in [-0.05, 0) is 22.0 Å². The van der Waals surface area contributed by atoms with Gasteiger partial charge in [-0.2, -0.15) is 5.10 Å². The van der Waals surface area contributed by atoms with Gasteiger partial charge < -0.3 is 18.8 Å². The summed E-state index contributed by atoms with van der Waals surface area (Å²) in [5, 5.41) is 4.63. The zero-order chi connectivity index (χ0) is 20.1. The van der Waals surface area contributed by atoms with Crippen molar-refractivity contribution in [3.05, 3.63) is 43.5 Å². The SMILES string of the molecule is O=C(COc1cc(Cl)cc(Cl)c1Cl)N/N=C\c1cc(Br)c(N2CCOCC2)o1. The summed E-state index contributed by atoms with van der Waals surface area (Å²) in [4.78, 5) is 14.0. The van der Waals surface area contributed by atoms with Gasteiger partial charge >= 0.3 is 0 Å². The molecule has 1 saturated heterocycles. The summed E-state index contributed by atoms with van der Waals surface area (Å²) in [6.45, 7) is 2.47. The summed E-state index contributed by atoms with van der Waals surface area (Å²) in [6, 6.07) is 4.72. The second-order valence-corrected chi connectivity index (χ2v) is 7.76. The van der Waals surface area contributed by atoms with Crippen LogP contribution >= 0.6 is 50.7 Å². The maximum Gasteiger partial charge on any atom is 0.277 e. The summed E-state index contributed by atoms with van der Waals surface area (Å²) >= 11 is 21.3. The molecule has 3 rings (SSSR count). The number of morpholine rings is 1. The maximum atomic E-state index is 11.9. The molecule has 0 unspecified atom stereocenters. The third-order valence-electron chi connectivity index (χ3n) is 3.69. The molecule has 1 N–H and O–H groups in total. The molecule has 1 amide bonds. The number of carbonyl (C=O) groups excluding carboxylic acids is 1. The van der Waals surface area contributed by atoms with Gasteiger partial charge in [0, 0.05) is 30.2 Å². The lowest BCUT2D eigenvalue weighted by Gasteiger charge is -2.26. The molecule has 28 heavy (non-hydrogen) atoms. The van der Waals surface area contributed by atoms with Crippen LogP contribution in [0.5, 0.6) is 5.75 Å². The number of carbonyl (C=O) groups is 1.